The third-order valence-corrected chi connectivity index (χ3v) is 6.56. The summed E-state index contributed by atoms with van der Waals surface area (Å²) < 4.78 is 16.2. The molecule has 3 heterocycles. The van der Waals surface area contributed by atoms with Crippen LogP contribution in [0.15, 0.2) is 57.7 Å². The lowest BCUT2D eigenvalue weighted by atomic mass is 9.96. The van der Waals surface area contributed by atoms with Gasteiger partial charge in [0, 0.05) is 43.5 Å². The van der Waals surface area contributed by atoms with Gasteiger partial charge in [-0.25, -0.2) is 9.59 Å². The highest BCUT2D eigenvalue weighted by molar-refractivity contribution is 6.15. The first kappa shape index (κ1) is 22.8. The fourth-order valence-electron chi connectivity index (χ4n) is 4.95. The first-order valence-electron chi connectivity index (χ1n) is 11.3. The van der Waals surface area contributed by atoms with Crippen LogP contribution in [0.25, 0.3) is 11.0 Å². The molecule has 1 aromatic heterocycles. The molecule has 9 heteroatoms. The lowest BCUT2D eigenvalue weighted by molar-refractivity contribution is -0.159. The Hall–Kier alpha value is -3.98. The van der Waals surface area contributed by atoms with E-state index in [0.29, 0.717) is 27.8 Å². The van der Waals surface area contributed by atoms with E-state index in [4.69, 9.17) is 13.9 Å². The molecule has 0 aliphatic carbocycles. The molecule has 9 nitrogen and oxygen atoms in total. The van der Waals surface area contributed by atoms with E-state index in [1.165, 1.54) is 23.0 Å². The van der Waals surface area contributed by atoms with Crippen LogP contribution in [0.3, 0.4) is 0 Å². The molecule has 0 N–H and O–H groups in total. The van der Waals surface area contributed by atoms with Gasteiger partial charge in [0.25, 0.3) is 5.91 Å². The number of nitrogens with zero attached hydrogens (tertiary/aromatic N) is 2. The summed E-state index contributed by atoms with van der Waals surface area (Å²) in [6, 6.07) is 13.4. The number of carbonyl (C=O) groups is 3. The van der Waals surface area contributed by atoms with Gasteiger partial charge in [0.05, 0.1) is 17.9 Å². The number of benzene rings is 2. The maximum atomic E-state index is 13.8. The molecule has 0 spiro atoms. The molecule has 2 aromatic carbocycles. The Morgan fingerprint density at radius 1 is 1.11 bits per heavy atom. The lowest BCUT2D eigenvalue weighted by Gasteiger charge is -2.48. The number of ether oxygens (including phenoxy) is 2. The van der Waals surface area contributed by atoms with E-state index >= 15 is 0 Å². The van der Waals surface area contributed by atoms with Gasteiger partial charge in [0.1, 0.15) is 12.2 Å². The van der Waals surface area contributed by atoms with Crippen LogP contribution in [0.2, 0.25) is 0 Å². The van der Waals surface area contributed by atoms with Gasteiger partial charge >= 0.3 is 11.6 Å². The summed E-state index contributed by atoms with van der Waals surface area (Å²) in [4.78, 5) is 55.1. The number of esters is 1. The van der Waals surface area contributed by atoms with Crippen molar-refractivity contribution in [3.63, 3.8) is 0 Å². The highest BCUT2D eigenvalue weighted by atomic mass is 16.5. The zero-order valence-corrected chi connectivity index (χ0v) is 19.4. The molecule has 0 radical (unpaired) electrons. The monoisotopic (exact) mass is 476 g/mol. The number of amides is 2. The van der Waals surface area contributed by atoms with E-state index in [0.717, 1.165) is 5.56 Å². The molecule has 0 unspecified atom stereocenters. The maximum absolute atomic E-state index is 13.8. The van der Waals surface area contributed by atoms with Crippen molar-refractivity contribution in [2.45, 2.75) is 32.0 Å². The van der Waals surface area contributed by atoms with Gasteiger partial charge in [-0.3, -0.25) is 14.5 Å². The lowest BCUT2D eigenvalue weighted by Crippen LogP contribution is -2.68. The summed E-state index contributed by atoms with van der Waals surface area (Å²) in [6.07, 6.45) is 0.169. The molecule has 1 fully saturated rings. The number of hydrogen-bond acceptors (Lipinski definition) is 7. The largest absolute Gasteiger partial charge is 0.458 e. The molecule has 2 amide bonds. The van der Waals surface area contributed by atoms with Crippen molar-refractivity contribution >= 4 is 34.4 Å². The highest BCUT2D eigenvalue weighted by Crippen LogP contribution is 2.45. The summed E-state index contributed by atoms with van der Waals surface area (Å²) in [5.74, 6) is -1.39. The summed E-state index contributed by atoms with van der Waals surface area (Å²) in [6.45, 7) is 1.93. The third kappa shape index (κ3) is 3.59. The third-order valence-electron chi connectivity index (χ3n) is 6.56. The Labute approximate surface area is 200 Å². The minimum Gasteiger partial charge on any atom is -0.458 e. The topological polar surface area (TPSA) is 106 Å². The number of methoxy groups -OCH3 is 1. The summed E-state index contributed by atoms with van der Waals surface area (Å²) in [7, 11) is 1.50. The second-order valence-electron chi connectivity index (χ2n) is 8.68. The van der Waals surface area contributed by atoms with Gasteiger partial charge in [-0.05, 0) is 30.7 Å². The molecule has 0 saturated carbocycles. The highest BCUT2D eigenvalue weighted by Gasteiger charge is 2.61. The van der Waals surface area contributed by atoms with E-state index in [1.807, 2.05) is 13.0 Å². The predicted molar refractivity (Wildman–Crippen MR) is 126 cm³/mol. The quantitative estimate of drug-likeness (QED) is 0.398. The van der Waals surface area contributed by atoms with Crippen LogP contribution < -0.4 is 10.5 Å². The van der Waals surface area contributed by atoms with E-state index in [-0.39, 0.29) is 44.4 Å². The Morgan fingerprint density at radius 2 is 1.91 bits per heavy atom. The standard InChI is InChI=1S/C26H24N2O7/c1-16-7-8-18-17(14-23(30)35-21(18)13-16)15-34-25(32)26-10-9-22(29)28(26)20-6-4-3-5-19(20)24(31)27(26)11-12-33-2/h3-8,13-14H,9-12,15H2,1-2H3/t26-/m1/s1. The Bertz CT molecular complexity index is 1410. The van der Waals surface area contributed by atoms with Gasteiger partial charge in [-0.2, -0.15) is 0 Å². The van der Waals surface area contributed by atoms with Crippen molar-refractivity contribution in [3.8, 4) is 0 Å². The van der Waals surface area contributed by atoms with Crippen LogP contribution >= 0.6 is 0 Å². The minimum atomic E-state index is -1.63. The summed E-state index contributed by atoms with van der Waals surface area (Å²) in [5, 5.41) is 0.640. The zero-order chi connectivity index (χ0) is 24.7. The molecule has 0 bridgehead atoms. The molecule has 2 aliphatic rings. The van der Waals surface area contributed by atoms with Crippen LogP contribution in [-0.4, -0.2) is 48.6 Å². The molecular formula is C26H24N2O7. The van der Waals surface area contributed by atoms with E-state index in [9.17, 15) is 19.2 Å². The number of hydrogen-bond donors (Lipinski definition) is 0. The summed E-state index contributed by atoms with van der Waals surface area (Å²) >= 11 is 0. The van der Waals surface area contributed by atoms with E-state index in [2.05, 4.69) is 0 Å². The van der Waals surface area contributed by atoms with Gasteiger partial charge in [0.15, 0.2) is 0 Å². The smallest absolute Gasteiger partial charge is 0.354 e. The van der Waals surface area contributed by atoms with E-state index in [1.54, 1.807) is 36.4 Å². The maximum Gasteiger partial charge on any atom is 0.354 e. The molecule has 35 heavy (non-hydrogen) atoms. The molecule has 1 atom stereocenters. The second-order valence-corrected chi connectivity index (χ2v) is 8.68. The molecular weight excluding hydrogens is 452 g/mol. The minimum absolute atomic E-state index is 0.0807. The number of aryl methyl sites for hydroxylation is 1. The predicted octanol–water partition coefficient (Wildman–Crippen LogP) is 2.77. The van der Waals surface area contributed by atoms with Crippen molar-refractivity contribution in [2.24, 2.45) is 0 Å². The van der Waals surface area contributed by atoms with Crippen LogP contribution in [0, 0.1) is 6.92 Å². The Balaban J connectivity index is 1.55. The number of fused-ring (bicyclic) bond motifs is 4. The van der Waals surface area contributed by atoms with Crippen LogP contribution in [-0.2, 0) is 25.7 Å². The fourth-order valence-corrected chi connectivity index (χ4v) is 4.95. The van der Waals surface area contributed by atoms with Crippen LogP contribution in [0.5, 0.6) is 0 Å². The van der Waals surface area contributed by atoms with Crippen molar-refractivity contribution in [1.29, 1.82) is 0 Å². The Morgan fingerprint density at radius 3 is 2.71 bits per heavy atom. The number of anilines is 1. The Kier molecular flexibility index (Phi) is 5.64. The van der Waals surface area contributed by atoms with Crippen LogP contribution in [0.4, 0.5) is 5.69 Å². The molecule has 2 aliphatic heterocycles. The fraction of sp³-hybridized carbons (Fsp3) is 0.308. The number of carbonyl (C=O) groups excluding carboxylic acids is 3. The SMILES string of the molecule is COCCN1C(=O)c2ccccc2N2C(=O)CC[C@@]12C(=O)OCc1cc(=O)oc2cc(C)ccc12. The average molecular weight is 476 g/mol. The van der Waals surface area contributed by atoms with Gasteiger partial charge in [-0.1, -0.05) is 24.3 Å². The molecule has 3 aromatic rings. The van der Waals surface area contributed by atoms with Crippen molar-refractivity contribution < 1.29 is 28.3 Å². The average Bonchev–Trinajstić information content (AvgIpc) is 3.20. The molecule has 1 saturated heterocycles. The summed E-state index contributed by atoms with van der Waals surface area (Å²) in [5.41, 5.74) is 0.310. The van der Waals surface area contributed by atoms with Gasteiger partial charge in [0.2, 0.25) is 11.6 Å². The van der Waals surface area contributed by atoms with Crippen LogP contribution in [0.1, 0.15) is 34.3 Å². The van der Waals surface area contributed by atoms with Crippen molar-refractivity contribution in [2.75, 3.05) is 25.2 Å². The number of para-hydroxylation sites is 1. The normalized spacial score (nSPS) is 19.1. The first-order chi connectivity index (χ1) is 16.9. The molecule has 180 valence electrons. The first-order valence-corrected chi connectivity index (χ1v) is 11.3. The van der Waals surface area contributed by atoms with Gasteiger partial charge in [-0.15, -0.1) is 0 Å². The molecule has 5 rings (SSSR count). The van der Waals surface area contributed by atoms with Gasteiger partial charge < -0.3 is 18.8 Å². The van der Waals surface area contributed by atoms with Crippen molar-refractivity contribution in [3.05, 3.63) is 75.6 Å². The zero-order valence-electron chi connectivity index (χ0n) is 19.4. The van der Waals surface area contributed by atoms with E-state index < -0.39 is 17.3 Å². The number of rotatable bonds is 6. The van der Waals surface area contributed by atoms with Crippen molar-refractivity contribution in [1.82, 2.24) is 4.90 Å². The second kappa shape index (κ2) is 8.66.